The number of likely N-dealkylation sites (N-methyl/N-ethyl adjacent to an activating group) is 1. The molecule has 21 heavy (non-hydrogen) atoms. The standard InChI is InChI=1S/C12H14N2O6S/c1-14-9-3-2-8(4-7(9)5-11(14)16)21(19,20)13-6-10(15)12(17)18/h2-4,10,13,15H,5-6H2,1H3,(H,17,18)/t10-/m0/s1. The first-order valence-electron chi connectivity index (χ1n) is 6.02. The molecule has 1 amide bonds. The summed E-state index contributed by atoms with van der Waals surface area (Å²) in [7, 11) is -2.35. The van der Waals surface area contributed by atoms with Crippen LogP contribution >= 0.6 is 0 Å². The summed E-state index contributed by atoms with van der Waals surface area (Å²) in [6.07, 6.45) is -1.70. The Kier molecular flexibility index (Phi) is 3.99. The topological polar surface area (TPSA) is 124 Å². The molecule has 0 fully saturated rings. The van der Waals surface area contributed by atoms with Crippen molar-refractivity contribution in [3.8, 4) is 0 Å². The van der Waals surface area contributed by atoms with E-state index in [1.54, 1.807) is 7.05 Å². The smallest absolute Gasteiger partial charge is 0.333 e. The molecule has 1 aliphatic heterocycles. The Bertz CT molecular complexity index is 700. The van der Waals surface area contributed by atoms with Crippen LogP contribution < -0.4 is 9.62 Å². The zero-order chi connectivity index (χ0) is 15.8. The van der Waals surface area contributed by atoms with Crippen molar-refractivity contribution in [1.29, 1.82) is 0 Å². The summed E-state index contributed by atoms with van der Waals surface area (Å²) < 4.78 is 26.0. The van der Waals surface area contributed by atoms with Crippen LogP contribution in [-0.2, 0) is 26.0 Å². The lowest BCUT2D eigenvalue weighted by molar-refractivity contribution is -0.146. The molecule has 8 nitrogen and oxygen atoms in total. The lowest BCUT2D eigenvalue weighted by Crippen LogP contribution is -2.36. The molecule has 0 aromatic heterocycles. The maximum atomic E-state index is 12.0. The Hall–Kier alpha value is -1.97. The Morgan fingerprint density at radius 1 is 1.48 bits per heavy atom. The van der Waals surface area contributed by atoms with Gasteiger partial charge >= 0.3 is 5.97 Å². The average Bonchev–Trinajstić information content (AvgIpc) is 2.71. The number of amides is 1. The molecule has 0 saturated heterocycles. The van der Waals surface area contributed by atoms with Crippen molar-refractivity contribution in [2.24, 2.45) is 0 Å². The van der Waals surface area contributed by atoms with Crippen molar-refractivity contribution < 1.29 is 28.2 Å². The van der Waals surface area contributed by atoms with E-state index in [0.29, 0.717) is 11.3 Å². The maximum absolute atomic E-state index is 12.0. The summed E-state index contributed by atoms with van der Waals surface area (Å²) in [6, 6.07) is 4.21. The summed E-state index contributed by atoms with van der Waals surface area (Å²) in [6.45, 7) is -0.631. The van der Waals surface area contributed by atoms with Gasteiger partial charge in [-0.2, -0.15) is 0 Å². The fraction of sp³-hybridized carbons (Fsp3) is 0.333. The number of hydrogen-bond acceptors (Lipinski definition) is 5. The lowest BCUT2D eigenvalue weighted by atomic mass is 10.2. The van der Waals surface area contributed by atoms with Gasteiger partial charge in [0.15, 0.2) is 6.10 Å². The third-order valence-electron chi connectivity index (χ3n) is 3.19. The Morgan fingerprint density at radius 3 is 2.76 bits per heavy atom. The van der Waals surface area contributed by atoms with Gasteiger partial charge in [0.25, 0.3) is 0 Å². The number of aliphatic carboxylic acids is 1. The summed E-state index contributed by atoms with van der Waals surface area (Å²) in [5.41, 5.74) is 1.23. The highest BCUT2D eigenvalue weighted by Gasteiger charge is 2.26. The molecule has 0 saturated carbocycles. The van der Waals surface area contributed by atoms with Gasteiger partial charge in [0.1, 0.15) is 0 Å². The van der Waals surface area contributed by atoms with Gasteiger partial charge in [-0.15, -0.1) is 0 Å². The first-order valence-corrected chi connectivity index (χ1v) is 7.50. The predicted octanol–water partition coefficient (Wildman–Crippen LogP) is -1.07. The Balaban J connectivity index is 2.21. The molecule has 9 heteroatoms. The van der Waals surface area contributed by atoms with E-state index in [4.69, 9.17) is 10.2 Å². The number of nitrogens with one attached hydrogen (secondary N) is 1. The SMILES string of the molecule is CN1C(=O)Cc2cc(S(=O)(=O)NC[C@H](O)C(=O)O)ccc21. The molecule has 1 heterocycles. The largest absolute Gasteiger partial charge is 0.479 e. The van der Waals surface area contributed by atoms with E-state index in [0.717, 1.165) is 0 Å². The number of sulfonamides is 1. The molecule has 114 valence electrons. The third kappa shape index (κ3) is 3.04. The molecule has 1 aromatic carbocycles. The molecule has 3 N–H and O–H groups in total. The van der Waals surface area contributed by atoms with E-state index in [2.05, 4.69) is 0 Å². The molecular weight excluding hydrogens is 300 g/mol. The minimum absolute atomic E-state index is 0.0815. The number of aliphatic hydroxyl groups is 1. The van der Waals surface area contributed by atoms with Crippen LogP contribution in [0.3, 0.4) is 0 Å². The van der Waals surface area contributed by atoms with Crippen molar-refractivity contribution >= 4 is 27.6 Å². The normalized spacial score (nSPS) is 15.9. The molecule has 1 aromatic rings. The van der Waals surface area contributed by atoms with Crippen LogP contribution in [0.15, 0.2) is 23.1 Å². The van der Waals surface area contributed by atoms with E-state index >= 15 is 0 Å². The predicted molar refractivity (Wildman–Crippen MR) is 72.4 cm³/mol. The van der Waals surface area contributed by atoms with E-state index in [-0.39, 0.29) is 17.2 Å². The molecule has 0 unspecified atom stereocenters. The number of anilines is 1. The number of aliphatic hydroxyl groups excluding tert-OH is 1. The first kappa shape index (κ1) is 15.4. The van der Waals surface area contributed by atoms with Gasteiger partial charge in [-0.1, -0.05) is 0 Å². The molecule has 1 aliphatic rings. The van der Waals surface area contributed by atoms with Crippen molar-refractivity contribution in [2.75, 3.05) is 18.5 Å². The fourth-order valence-corrected chi connectivity index (χ4v) is 3.06. The number of nitrogens with zero attached hydrogens (tertiary/aromatic N) is 1. The number of carbonyl (C=O) groups excluding carboxylic acids is 1. The van der Waals surface area contributed by atoms with E-state index in [9.17, 15) is 18.0 Å². The molecule has 1 atom stereocenters. The monoisotopic (exact) mass is 314 g/mol. The van der Waals surface area contributed by atoms with Crippen molar-refractivity contribution in [1.82, 2.24) is 4.72 Å². The molecule has 0 bridgehead atoms. The van der Waals surface area contributed by atoms with Crippen LogP contribution in [0.1, 0.15) is 5.56 Å². The van der Waals surface area contributed by atoms with Crippen LogP contribution in [0.2, 0.25) is 0 Å². The zero-order valence-electron chi connectivity index (χ0n) is 11.1. The number of hydrogen-bond donors (Lipinski definition) is 3. The van der Waals surface area contributed by atoms with Crippen LogP contribution in [0.25, 0.3) is 0 Å². The van der Waals surface area contributed by atoms with Gasteiger partial charge in [0.05, 0.1) is 11.3 Å². The summed E-state index contributed by atoms with van der Waals surface area (Å²) >= 11 is 0. The summed E-state index contributed by atoms with van der Waals surface area (Å²) in [4.78, 5) is 23.4. The highest BCUT2D eigenvalue weighted by molar-refractivity contribution is 7.89. The number of rotatable bonds is 5. The number of fused-ring (bicyclic) bond motifs is 1. The number of benzene rings is 1. The third-order valence-corrected chi connectivity index (χ3v) is 4.61. The summed E-state index contributed by atoms with van der Waals surface area (Å²) in [5, 5.41) is 17.6. The first-order chi connectivity index (χ1) is 9.72. The zero-order valence-corrected chi connectivity index (χ0v) is 11.9. The highest BCUT2D eigenvalue weighted by atomic mass is 32.2. The fourth-order valence-electron chi connectivity index (χ4n) is 1.97. The second kappa shape index (κ2) is 5.43. The number of carboxylic acid groups (broad SMARTS) is 1. The average molecular weight is 314 g/mol. The quantitative estimate of drug-likeness (QED) is 0.636. The highest BCUT2D eigenvalue weighted by Crippen LogP contribution is 2.29. The van der Waals surface area contributed by atoms with Crippen LogP contribution in [0.5, 0.6) is 0 Å². The summed E-state index contributed by atoms with van der Waals surface area (Å²) in [5.74, 6) is -1.65. The molecule has 0 aliphatic carbocycles. The van der Waals surface area contributed by atoms with Gasteiger partial charge in [-0.25, -0.2) is 17.9 Å². The molecular formula is C12H14N2O6S. The van der Waals surface area contributed by atoms with E-state index < -0.39 is 28.6 Å². The Morgan fingerprint density at radius 2 is 2.14 bits per heavy atom. The molecule has 2 rings (SSSR count). The van der Waals surface area contributed by atoms with E-state index in [1.165, 1.54) is 23.1 Å². The van der Waals surface area contributed by atoms with E-state index in [1.807, 2.05) is 4.72 Å². The minimum atomic E-state index is -3.95. The second-order valence-electron chi connectivity index (χ2n) is 4.63. The van der Waals surface area contributed by atoms with Crippen molar-refractivity contribution in [2.45, 2.75) is 17.4 Å². The van der Waals surface area contributed by atoms with Gasteiger partial charge in [-0.05, 0) is 23.8 Å². The molecule has 0 spiro atoms. The maximum Gasteiger partial charge on any atom is 0.333 e. The van der Waals surface area contributed by atoms with Crippen molar-refractivity contribution in [3.05, 3.63) is 23.8 Å². The van der Waals surface area contributed by atoms with Gasteiger partial charge in [0, 0.05) is 19.3 Å². The number of carbonyl (C=O) groups is 2. The Labute approximate surface area is 121 Å². The van der Waals surface area contributed by atoms with Crippen LogP contribution in [-0.4, -0.2) is 50.2 Å². The van der Waals surface area contributed by atoms with Crippen molar-refractivity contribution in [3.63, 3.8) is 0 Å². The van der Waals surface area contributed by atoms with Gasteiger partial charge in [0.2, 0.25) is 15.9 Å². The van der Waals surface area contributed by atoms with Gasteiger partial charge < -0.3 is 15.1 Å². The second-order valence-corrected chi connectivity index (χ2v) is 6.39. The number of carboxylic acids is 1. The lowest BCUT2D eigenvalue weighted by Gasteiger charge is -2.12. The molecule has 0 radical (unpaired) electrons. The minimum Gasteiger partial charge on any atom is -0.479 e. The van der Waals surface area contributed by atoms with Gasteiger partial charge in [-0.3, -0.25) is 4.79 Å². The van der Waals surface area contributed by atoms with Crippen LogP contribution in [0, 0.1) is 0 Å². The van der Waals surface area contributed by atoms with Crippen LogP contribution in [0.4, 0.5) is 5.69 Å².